The predicted octanol–water partition coefficient (Wildman–Crippen LogP) is 3.38. The molecule has 2 N–H and O–H groups in total. The molecule has 0 unspecified atom stereocenters. The third kappa shape index (κ3) is 2.14. The zero-order valence-corrected chi connectivity index (χ0v) is 12.8. The van der Waals surface area contributed by atoms with Crippen molar-refractivity contribution >= 4 is 44.6 Å². The Kier molecular flexibility index (Phi) is 2.83. The highest BCUT2D eigenvalue weighted by Crippen LogP contribution is 2.35. The summed E-state index contributed by atoms with van der Waals surface area (Å²) >= 11 is 3.16. The lowest BCUT2D eigenvalue weighted by molar-refractivity contribution is 0.922. The number of fused-ring (bicyclic) bond motifs is 2. The summed E-state index contributed by atoms with van der Waals surface area (Å²) in [5.41, 5.74) is 8.70. The number of pyridine rings is 1. The van der Waals surface area contributed by atoms with Crippen LogP contribution < -0.4 is 5.73 Å². The van der Waals surface area contributed by atoms with Crippen molar-refractivity contribution in [3.05, 3.63) is 41.5 Å². The molecule has 7 heteroatoms. The van der Waals surface area contributed by atoms with E-state index < -0.39 is 0 Å². The van der Waals surface area contributed by atoms with Gasteiger partial charge in [0.1, 0.15) is 0 Å². The van der Waals surface area contributed by atoms with Crippen LogP contribution in [0.3, 0.4) is 0 Å². The summed E-state index contributed by atoms with van der Waals surface area (Å²) in [5.74, 6) is 0. The molecule has 0 bridgehead atoms. The molecule has 3 heterocycles. The van der Waals surface area contributed by atoms with Crippen LogP contribution in [0.25, 0.3) is 15.9 Å². The van der Waals surface area contributed by atoms with E-state index in [1.54, 1.807) is 11.3 Å². The summed E-state index contributed by atoms with van der Waals surface area (Å²) in [7, 11) is 0. The number of nitrogen functional groups attached to an aromatic ring is 1. The van der Waals surface area contributed by atoms with Crippen LogP contribution in [-0.2, 0) is 0 Å². The molecule has 0 saturated carbocycles. The monoisotopic (exact) mass is 313 g/mol. The van der Waals surface area contributed by atoms with Crippen LogP contribution in [0.5, 0.6) is 0 Å². The van der Waals surface area contributed by atoms with Crippen molar-refractivity contribution in [1.82, 2.24) is 19.6 Å². The van der Waals surface area contributed by atoms with Gasteiger partial charge in [-0.25, -0.2) is 4.98 Å². The Balaban J connectivity index is 1.81. The number of aromatic nitrogens is 4. The molecule has 4 rings (SSSR count). The highest BCUT2D eigenvalue weighted by atomic mass is 32.2. The summed E-state index contributed by atoms with van der Waals surface area (Å²) in [6, 6.07) is 9.81. The zero-order chi connectivity index (χ0) is 14.4. The molecule has 0 aliphatic carbocycles. The van der Waals surface area contributed by atoms with E-state index >= 15 is 0 Å². The summed E-state index contributed by atoms with van der Waals surface area (Å²) < 4.78 is 3.06. The minimum Gasteiger partial charge on any atom is -0.398 e. The average Bonchev–Trinajstić information content (AvgIpc) is 3.02. The van der Waals surface area contributed by atoms with Gasteiger partial charge >= 0.3 is 0 Å². The Morgan fingerprint density at radius 3 is 3.05 bits per heavy atom. The number of nitrogens with two attached hydrogens (primary N) is 1. The molecule has 0 radical (unpaired) electrons. The predicted molar refractivity (Wildman–Crippen MR) is 85.9 cm³/mol. The van der Waals surface area contributed by atoms with Crippen LogP contribution in [0.4, 0.5) is 5.69 Å². The summed E-state index contributed by atoms with van der Waals surface area (Å²) in [4.78, 5) is 5.46. The van der Waals surface area contributed by atoms with Crippen molar-refractivity contribution in [2.75, 3.05) is 5.73 Å². The van der Waals surface area contributed by atoms with Crippen molar-refractivity contribution in [2.24, 2.45) is 0 Å². The number of anilines is 1. The molecule has 21 heavy (non-hydrogen) atoms. The van der Waals surface area contributed by atoms with Gasteiger partial charge < -0.3 is 5.73 Å². The number of rotatable bonds is 2. The number of hydrogen-bond acceptors (Lipinski definition) is 6. The van der Waals surface area contributed by atoms with Gasteiger partial charge in [-0.15, -0.1) is 21.5 Å². The topological polar surface area (TPSA) is 69.1 Å². The molecule has 0 spiro atoms. The lowest BCUT2D eigenvalue weighted by atomic mass is 10.3. The Bertz CT molecular complexity index is 956. The molecule has 0 fully saturated rings. The van der Waals surface area contributed by atoms with Crippen molar-refractivity contribution in [3.8, 4) is 0 Å². The fraction of sp³-hybridized carbons (Fsp3) is 0.0714. The van der Waals surface area contributed by atoms with Gasteiger partial charge in [-0.05, 0) is 43.0 Å². The minimum absolute atomic E-state index is 0.740. The highest BCUT2D eigenvalue weighted by molar-refractivity contribution is 7.99. The van der Waals surface area contributed by atoms with Crippen LogP contribution in [0, 0.1) is 6.92 Å². The first kappa shape index (κ1) is 12.6. The maximum absolute atomic E-state index is 6.16. The molecule has 0 aliphatic rings. The Morgan fingerprint density at radius 2 is 2.14 bits per heavy atom. The fourth-order valence-corrected chi connectivity index (χ4v) is 3.90. The molecule has 3 aromatic heterocycles. The van der Waals surface area contributed by atoms with Gasteiger partial charge in [0.2, 0.25) is 5.16 Å². The van der Waals surface area contributed by atoms with Crippen LogP contribution in [0.2, 0.25) is 0 Å². The van der Waals surface area contributed by atoms with E-state index in [9.17, 15) is 0 Å². The van der Waals surface area contributed by atoms with E-state index in [4.69, 9.17) is 5.73 Å². The van der Waals surface area contributed by atoms with E-state index in [-0.39, 0.29) is 0 Å². The minimum atomic E-state index is 0.740. The van der Waals surface area contributed by atoms with E-state index in [1.807, 2.05) is 47.9 Å². The van der Waals surface area contributed by atoms with Gasteiger partial charge in [-0.3, -0.25) is 4.40 Å². The third-order valence-corrected chi connectivity index (χ3v) is 5.08. The van der Waals surface area contributed by atoms with E-state index in [0.29, 0.717) is 0 Å². The second-order valence-corrected chi connectivity index (χ2v) is 6.85. The van der Waals surface area contributed by atoms with E-state index in [2.05, 4.69) is 15.2 Å². The molecular weight excluding hydrogens is 302 g/mol. The van der Waals surface area contributed by atoms with Crippen LogP contribution >= 0.6 is 23.1 Å². The van der Waals surface area contributed by atoms with Crippen molar-refractivity contribution in [3.63, 3.8) is 0 Å². The summed E-state index contributed by atoms with van der Waals surface area (Å²) in [5, 5.41) is 10.2. The maximum Gasteiger partial charge on any atom is 0.200 e. The normalized spacial score (nSPS) is 11.5. The molecule has 104 valence electrons. The van der Waals surface area contributed by atoms with Gasteiger partial charge in [0, 0.05) is 16.8 Å². The Hall–Kier alpha value is -2.12. The van der Waals surface area contributed by atoms with E-state index in [0.717, 1.165) is 36.6 Å². The molecule has 4 aromatic rings. The van der Waals surface area contributed by atoms with Gasteiger partial charge in [0.05, 0.1) is 15.2 Å². The fourth-order valence-electron chi connectivity index (χ4n) is 2.16. The average molecular weight is 313 g/mol. The van der Waals surface area contributed by atoms with Crippen molar-refractivity contribution < 1.29 is 0 Å². The quantitative estimate of drug-likeness (QED) is 0.575. The molecule has 5 nitrogen and oxygen atoms in total. The first-order valence-corrected chi connectivity index (χ1v) is 7.98. The second-order valence-electron chi connectivity index (χ2n) is 4.60. The highest BCUT2D eigenvalue weighted by Gasteiger charge is 2.11. The molecule has 0 amide bonds. The summed E-state index contributed by atoms with van der Waals surface area (Å²) in [6.45, 7) is 2.00. The van der Waals surface area contributed by atoms with Crippen LogP contribution in [0.15, 0.2) is 46.6 Å². The SMILES string of the molecule is Cc1nc2cc(Sc3nnc4ccccn34)c(N)cc2s1. The number of thiazole rings is 1. The van der Waals surface area contributed by atoms with E-state index in [1.165, 1.54) is 11.8 Å². The first-order chi connectivity index (χ1) is 10.2. The lowest BCUT2D eigenvalue weighted by Crippen LogP contribution is -1.91. The van der Waals surface area contributed by atoms with Crippen molar-refractivity contribution in [1.29, 1.82) is 0 Å². The second kappa shape index (κ2) is 4.71. The maximum atomic E-state index is 6.16. The largest absolute Gasteiger partial charge is 0.398 e. The molecule has 0 saturated heterocycles. The standard InChI is InChI=1S/C14H11N5S2/c1-8-16-10-7-11(9(15)6-12(10)20-8)21-14-18-17-13-4-2-3-5-19(13)14/h2-7H,15H2,1H3. The molecular formula is C14H11N5S2. The Labute approximate surface area is 128 Å². The van der Waals surface area contributed by atoms with Crippen LogP contribution in [0.1, 0.15) is 5.01 Å². The Morgan fingerprint density at radius 1 is 1.24 bits per heavy atom. The number of nitrogens with zero attached hydrogens (tertiary/aromatic N) is 4. The smallest absolute Gasteiger partial charge is 0.200 e. The summed E-state index contributed by atoms with van der Waals surface area (Å²) in [6.07, 6.45) is 1.94. The number of aryl methyl sites for hydroxylation is 1. The lowest BCUT2D eigenvalue weighted by Gasteiger charge is -2.04. The van der Waals surface area contributed by atoms with Crippen LogP contribution in [-0.4, -0.2) is 19.6 Å². The molecule has 0 atom stereocenters. The number of hydrogen-bond donors (Lipinski definition) is 1. The zero-order valence-electron chi connectivity index (χ0n) is 11.1. The molecule has 0 aliphatic heterocycles. The van der Waals surface area contributed by atoms with Gasteiger partial charge in [0.15, 0.2) is 5.65 Å². The third-order valence-electron chi connectivity index (χ3n) is 3.11. The van der Waals surface area contributed by atoms with Gasteiger partial charge in [-0.1, -0.05) is 6.07 Å². The van der Waals surface area contributed by atoms with Gasteiger partial charge in [0.25, 0.3) is 0 Å². The van der Waals surface area contributed by atoms with Crippen molar-refractivity contribution in [2.45, 2.75) is 17.0 Å². The first-order valence-electron chi connectivity index (χ1n) is 6.35. The molecule has 1 aromatic carbocycles. The number of benzene rings is 1. The van der Waals surface area contributed by atoms with Gasteiger partial charge in [-0.2, -0.15) is 0 Å².